The van der Waals surface area contributed by atoms with Crippen LogP contribution in [0.15, 0.2) is 0 Å². The molecule has 1 nitrogen and oxygen atoms in total. The first-order valence-corrected chi connectivity index (χ1v) is 5.08. The van der Waals surface area contributed by atoms with Gasteiger partial charge in [-0.2, -0.15) is 0 Å². The maximum absolute atomic E-state index is 3.74. The standard InChI is InChI=1S/C10H17N/c1-2-4-9(3-1)7-10(5-6-10)11-8-9/h11H,1-8H2. The predicted molar refractivity (Wildman–Crippen MR) is 45.5 cm³/mol. The minimum absolute atomic E-state index is 0.671. The monoisotopic (exact) mass is 151 g/mol. The van der Waals surface area contributed by atoms with Crippen LogP contribution in [0.5, 0.6) is 0 Å². The lowest BCUT2D eigenvalue weighted by atomic mass is 9.83. The Kier molecular flexibility index (Phi) is 1.07. The number of rotatable bonds is 0. The summed E-state index contributed by atoms with van der Waals surface area (Å²) in [5, 5.41) is 3.74. The lowest BCUT2D eigenvalue weighted by Gasteiger charge is -2.20. The molecule has 0 radical (unpaired) electrons. The van der Waals surface area contributed by atoms with Crippen molar-refractivity contribution in [2.75, 3.05) is 6.54 Å². The molecule has 2 saturated carbocycles. The molecule has 62 valence electrons. The second-order valence-corrected chi connectivity index (χ2v) is 5.02. The van der Waals surface area contributed by atoms with E-state index >= 15 is 0 Å². The fourth-order valence-corrected chi connectivity index (χ4v) is 3.20. The van der Waals surface area contributed by atoms with E-state index in [9.17, 15) is 0 Å². The zero-order valence-corrected chi connectivity index (χ0v) is 7.16. The van der Waals surface area contributed by atoms with E-state index in [-0.39, 0.29) is 0 Å². The summed E-state index contributed by atoms with van der Waals surface area (Å²) in [6.45, 7) is 1.34. The number of hydrogen-bond donors (Lipinski definition) is 1. The van der Waals surface area contributed by atoms with E-state index in [1.807, 2.05) is 0 Å². The molecule has 2 aliphatic carbocycles. The summed E-state index contributed by atoms with van der Waals surface area (Å²) < 4.78 is 0. The van der Waals surface area contributed by atoms with Crippen LogP contribution in [0, 0.1) is 5.41 Å². The normalized spacial score (nSPS) is 37.1. The third-order valence-electron chi connectivity index (χ3n) is 4.07. The van der Waals surface area contributed by atoms with Crippen LogP contribution in [0.3, 0.4) is 0 Å². The first kappa shape index (κ1) is 6.47. The highest BCUT2D eigenvalue weighted by Crippen LogP contribution is 2.55. The van der Waals surface area contributed by atoms with Crippen LogP contribution in [-0.4, -0.2) is 12.1 Å². The second-order valence-electron chi connectivity index (χ2n) is 5.02. The van der Waals surface area contributed by atoms with E-state index in [0.717, 1.165) is 5.41 Å². The van der Waals surface area contributed by atoms with Crippen molar-refractivity contribution in [3.63, 3.8) is 0 Å². The Hall–Kier alpha value is -0.0400. The molecule has 1 aliphatic heterocycles. The molecule has 1 N–H and O–H groups in total. The molecule has 0 aromatic rings. The van der Waals surface area contributed by atoms with Crippen molar-refractivity contribution in [2.45, 2.75) is 50.5 Å². The first-order valence-electron chi connectivity index (χ1n) is 5.08. The summed E-state index contributed by atoms with van der Waals surface area (Å²) in [5.41, 5.74) is 1.45. The van der Waals surface area contributed by atoms with Crippen molar-refractivity contribution in [3.8, 4) is 0 Å². The molecule has 3 fully saturated rings. The quantitative estimate of drug-likeness (QED) is 0.559. The van der Waals surface area contributed by atoms with Crippen LogP contribution >= 0.6 is 0 Å². The maximum Gasteiger partial charge on any atom is 0.0188 e. The van der Waals surface area contributed by atoms with E-state index in [2.05, 4.69) is 5.32 Å². The van der Waals surface area contributed by atoms with Gasteiger partial charge >= 0.3 is 0 Å². The van der Waals surface area contributed by atoms with E-state index in [1.165, 1.54) is 51.5 Å². The fourth-order valence-electron chi connectivity index (χ4n) is 3.20. The Morgan fingerprint density at radius 3 is 2.18 bits per heavy atom. The molecular formula is C10H17N. The smallest absolute Gasteiger partial charge is 0.0188 e. The molecule has 11 heavy (non-hydrogen) atoms. The van der Waals surface area contributed by atoms with Crippen LogP contribution in [0.25, 0.3) is 0 Å². The summed E-state index contributed by atoms with van der Waals surface area (Å²) in [6, 6.07) is 0. The molecule has 0 amide bonds. The van der Waals surface area contributed by atoms with E-state index < -0.39 is 0 Å². The van der Waals surface area contributed by atoms with E-state index in [0.29, 0.717) is 5.54 Å². The van der Waals surface area contributed by atoms with Crippen molar-refractivity contribution in [1.82, 2.24) is 5.32 Å². The highest BCUT2D eigenvalue weighted by molar-refractivity contribution is 5.13. The SMILES string of the molecule is C1CCC2(C1)CNC1(CC1)C2. The zero-order chi connectivity index (χ0) is 7.36. The van der Waals surface area contributed by atoms with Gasteiger partial charge in [0, 0.05) is 12.1 Å². The first-order chi connectivity index (χ1) is 5.33. The Morgan fingerprint density at radius 1 is 0.909 bits per heavy atom. The Morgan fingerprint density at radius 2 is 1.64 bits per heavy atom. The molecule has 3 aliphatic rings. The topological polar surface area (TPSA) is 12.0 Å². The molecule has 1 heteroatoms. The average molecular weight is 151 g/mol. The lowest BCUT2D eigenvalue weighted by molar-refractivity contribution is 0.325. The van der Waals surface area contributed by atoms with Gasteiger partial charge in [0.25, 0.3) is 0 Å². The Bertz CT molecular complexity index is 175. The third kappa shape index (κ3) is 0.868. The van der Waals surface area contributed by atoms with E-state index in [4.69, 9.17) is 0 Å². The average Bonchev–Trinajstić information content (AvgIpc) is 2.46. The minimum atomic E-state index is 0.671. The van der Waals surface area contributed by atoms with Crippen LogP contribution in [0.1, 0.15) is 44.9 Å². The molecular weight excluding hydrogens is 134 g/mol. The van der Waals surface area contributed by atoms with Crippen LogP contribution < -0.4 is 5.32 Å². The van der Waals surface area contributed by atoms with Gasteiger partial charge in [-0.15, -0.1) is 0 Å². The summed E-state index contributed by atoms with van der Waals surface area (Å²) in [7, 11) is 0. The van der Waals surface area contributed by atoms with E-state index in [1.54, 1.807) is 0 Å². The number of hydrogen-bond acceptors (Lipinski definition) is 1. The van der Waals surface area contributed by atoms with Crippen LogP contribution in [0.2, 0.25) is 0 Å². The van der Waals surface area contributed by atoms with Gasteiger partial charge in [-0.3, -0.25) is 0 Å². The lowest BCUT2D eigenvalue weighted by Crippen LogP contribution is -2.23. The van der Waals surface area contributed by atoms with Crippen molar-refractivity contribution in [2.24, 2.45) is 5.41 Å². The summed E-state index contributed by atoms with van der Waals surface area (Å²) in [5.74, 6) is 0. The number of nitrogens with one attached hydrogen (secondary N) is 1. The molecule has 0 atom stereocenters. The van der Waals surface area contributed by atoms with Gasteiger partial charge in [0.1, 0.15) is 0 Å². The largest absolute Gasteiger partial charge is 0.311 e. The Balaban J connectivity index is 1.80. The van der Waals surface area contributed by atoms with Crippen molar-refractivity contribution in [3.05, 3.63) is 0 Å². The van der Waals surface area contributed by atoms with Gasteiger partial charge in [0.15, 0.2) is 0 Å². The molecule has 0 unspecified atom stereocenters. The molecule has 1 saturated heterocycles. The predicted octanol–water partition coefficient (Wildman–Crippen LogP) is 2.07. The minimum Gasteiger partial charge on any atom is -0.311 e. The molecule has 0 aromatic heterocycles. The molecule has 3 rings (SSSR count). The Labute approximate surface area is 68.6 Å². The molecule has 0 aromatic carbocycles. The zero-order valence-electron chi connectivity index (χ0n) is 7.16. The van der Waals surface area contributed by atoms with Crippen molar-refractivity contribution in [1.29, 1.82) is 0 Å². The molecule has 2 spiro atoms. The highest BCUT2D eigenvalue weighted by atomic mass is 15.1. The van der Waals surface area contributed by atoms with Crippen molar-refractivity contribution < 1.29 is 0 Å². The summed E-state index contributed by atoms with van der Waals surface area (Å²) >= 11 is 0. The summed E-state index contributed by atoms with van der Waals surface area (Å²) in [4.78, 5) is 0. The van der Waals surface area contributed by atoms with Gasteiger partial charge in [0.2, 0.25) is 0 Å². The van der Waals surface area contributed by atoms with Gasteiger partial charge in [-0.25, -0.2) is 0 Å². The van der Waals surface area contributed by atoms with Gasteiger partial charge in [0.05, 0.1) is 0 Å². The van der Waals surface area contributed by atoms with Crippen LogP contribution in [-0.2, 0) is 0 Å². The third-order valence-corrected chi connectivity index (χ3v) is 4.07. The molecule has 1 heterocycles. The summed E-state index contributed by atoms with van der Waals surface area (Å²) in [6.07, 6.45) is 10.5. The molecule has 0 bridgehead atoms. The fraction of sp³-hybridized carbons (Fsp3) is 1.00. The van der Waals surface area contributed by atoms with Crippen LogP contribution in [0.4, 0.5) is 0 Å². The second kappa shape index (κ2) is 1.82. The highest BCUT2D eigenvalue weighted by Gasteiger charge is 2.54. The van der Waals surface area contributed by atoms with Crippen molar-refractivity contribution >= 4 is 0 Å². The van der Waals surface area contributed by atoms with Gasteiger partial charge in [-0.1, -0.05) is 12.8 Å². The van der Waals surface area contributed by atoms with Gasteiger partial charge in [-0.05, 0) is 37.5 Å². The maximum atomic E-state index is 3.74. The van der Waals surface area contributed by atoms with Gasteiger partial charge < -0.3 is 5.32 Å².